The summed E-state index contributed by atoms with van der Waals surface area (Å²) in [5, 5.41) is 2.84. The molecule has 2 aromatic rings. The van der Waals surface area contributed by atoms with E-state index in [0.717, 1.165) is 11.1 Å². The fourth-order valence-electron chi connectivity index (χ4n) is 3.04. The first-order chi connectivity index (χ1) is 15.5. The van der Waals surface area contributed by atoms with Gasteiger partial charge >= 0.3 is 12.1 Å². The second-order valence-corrected chi connectivity index (χ2v) is 14.3. The molecular weight excluding hydrogens is 434 g/mol. The summed E-state index contributed by atoms with van der Waals surface area (Å²) in [6, 6.07) is 18.5. The van der Waals surface area contributed by atoms with E-state index in [9.17, 15) is 9.59 Å². The van der Waals surface area contributed by atoms with E-state index in [1.54, 1.807) is 6.92 Å². The predicted molar refractivity (Wildman–Crippen MR) is 132 cm³/mol. The molecule has 0 radical (unpaired) electrons. The van der Waals surface area contributed by atoms with Crippen molar-refractivity contribution in [2.45, 2.75) is 71.0 Å². The number of benzene rings is 2. The number of nitrogens with one attached hydrogen (secondary N) is 1. The Morgan fingerprint density at radius 2 is 1.52 bits per heavy atom. The van der Waals surface area contributed by atoms with Crippen LogP contribution in [0.4, 0.5) is 4.79 Å². The highest BCUT2D eigenvalue weighted by atomic mass is 28.4. The molecule has 2 aromatic carbocycles. The number of amides is 1. The Labute approximate surface area is 198 Å². The maximum Gasteiger partial charge on any atom is 0.407 e. The van der Waals surface area contributed by atoms with Gasteiger partial charge in [0.05, 0.1) is 12.6 Å². The maximum absolute atomic E-state index is 12.8. The number of ether oxygens (including phenoxy) is 2. The molecule has 7 heteroatoms. The van der Waals surface area contributed by atoms with Gasteiger partial charge in [0.15, 0.2) is 8.32 Å². The summed E-state index contributed by atoms with van der Waals surface area (Å²) < 4.78 is 17.2. The van der Waals surface area contributed by atoms with E-state index in [1.165, 1.54) is 0 Å². The van der Waals surface area contributed by atoms with Gasteiger partial charge < -0.3 is 19.2 Å². The Balaban J connectivity index is 2.21. The minimum Gasteiger partial charge on any atom is -0.464 e. The van der Waals surface area contributed by atoms with Gasteiger partial charge in [-0.2, -0.15) is 0 Å². The van der Waals surface area contributed by atoms with Crippen LogP contribution in [0.5, 0.6) is 0 Å². The van der Waals surface area contributed by atoms with E-state index < -0.39 is 32.5 Å². The minimum absolute atomic E-state index is 0.0813. The van der Waals surface area contributed by atoms with Crippen molar-refractivity contribution in [3.8, 4) is 0 Å². The van der Waals surface area contributed by atoms with Gasteiger partial charge in [0, 0.05) is 6.42 Å². The zero-order chi connectivity index (χ0) is 24.5. The lowest BCUT2D eigenvalue weighted by Crippen LogP contribution is -2.47. The molecule has 0 aromatic heterocycles. The normalized spacial score (nSPS) is 13.6. The number of hydrogen-bond acceptors (Lipinski definition) is 5. The van der Waals surface area contributed by atoms with Crippen molar-refractivity contribution in [3.05, 3.63) is 71.8 Å². The van der Waals surface area contributed by atoms with E-state index in [2.05, 4.69) is 39.2 Å². The third-order valence-electron chi connectivity index (χ3n) is 5.95. The second-order valence-electron chi connectivity index (χ2n) is 9.52. The highest BCUT2D eigenvalue weighted by molar-refractivity contribution is 6.74. The molecule has 0 spiro atoms. The summed E-state index contributed by atoms with van der Waals surface area (Å²) in [7, 11) is -2.27. The Bertz CT molecular complexity index is 881. The number of alkyl carbamates (subject to hydrolysis) is 1. The van der Waals surface area contributed by atoms with Crippen molar-refractivity contribution >= 4 is 20.4 Å². The first-order valence-corrected chi connectivity index (χ1v) is 14.3. The molecule has 0 aliphatic heterocycles. The largest absolute Gasteiger partial charge is 0.464 e. The van der Waals surface area contributed by atoms with E-state index in [4.69, 9.17) is 13.9 Å². The quantitative estimate of drug-likeness (QED) is 0.340. The Morgan fingerprint density at radius 3 is 2.06 bits per heavy atom. The lowest BCUT2D eigenvalue weighted by atomic mass is 10.0. The summed E-state index contributed by atoms with van der Waals surface area (Å²) >= 11 is 0. The molecule has 2 atom stereocenters. The van der Waals surface area contributed by atoms with Crippen molar-refractivity contribution in [2.24, 2.45) is 0 Å². The topological polar surface area (TPSA) is 73.9 Å². The summed E-state index contributed by atoms with van der Waals surface area (Å²) in [6.45, 7) is 12.8. The van der Waals surface area contributed by atoms with Crippen LogP contribution in [0.3, 0.4) is 0 Å². The first kappa shape index (κ1) is 26.6. The van der Waals surface area contributed by atoms with Crippen molar-refractivity contribution in [1.29, 1.82) is 0 Å². The molecule has 2 unspecified atom stereocenters. The van der Waals surface area contributed by atoms with Gasteiger partial charge in [-0.25, -0.2) is 9.59 Å². The molecule has 0 aliphatic carbocycles. The third kappa shape index (κ3) is 8.33. The van der Waals surface area contributed by atoms with E-state index in [0.29, 0.717) is 0 Å². The standard InChI is InChI=1S/C26H37NO5Si/c1-7-30-24(28)23(32-33(5,6)26(2,3)4)18-22(21-16-12-9-13-17-21)27-25(29)31-19-20-14-10-8-11-15-20/h8-17,22-23H,7,18-19H2,1-6H3,(H,27,29). The molecule has 1 amide bonds. The van der Waals surface area contributed by atoms with Gasteiger partial charge in [0.25, 0.3) is 0 Å². The average Bonchev–Trinajstić information content (AvgIpc) is 2.77. The molecule has 0 saturated carbocycles. The molecule has 0 saturated heterocycles. The first-order valence-electron chi connectivity index (χ1n) is 11.4. The zero-order valence-corrected chi connectivity index (χ0v) is 21.6. The molecule has 0 heterocycles. The van der Waals surface area contributed by atoms with Crippen LogP contribution < -0.4 is 5.32 Å². The highest BCUT2D eigenvalue weighted by Crippen LogP contribution is 2.38. The summed E-state index contributed by atoms with van der Waals surface area (Å²) in [5.74, 6) is -0.414. The van der Waals surface area contributed by atoms with Crippen molar-refractivity contribution in [1.82, 2.24) is 5.32 Å². The van der Waals surface area contributed by atoms with Crippen LogP contribution in [-0.2, 0) is 25.3 Å². The smallest absolute Gasteiger partial charge is 0.407 e. The van der Waals surface area contributed by atoms with Crippen LogP contribution in [0.25, 0.3) is 0 Å². The van der Waals surface area contributed by atoms with Gasteiger partial charge in [0.2, 0.25) is 0 Å². The molecule has 1 N–H and O–H groups in total. The number of rotatable bonds is 10. The maximum atomic E-state index is 12.8. The van der Waals surface area contributed by atoms with Gasteiger partial charge in [-0.1, -0.05) is 81.4 Å². The van der Waals surface area contributed by atoms with Gasteiger partial charge in [-0.3, -0.25) is 0 Å². The number of carbonyl (C=O) groups is 2. The Kier molecular flexibility index (Phi) is 9.67. The third-order valence-corrected chi connectivity index (χ3v) is 10.4. The highest BCUT2D eigenvalue weighted by Gasteiger charge is 2.42. The summed E-state index contributed by atoms with van der Waals surface area (Å²) in [4.78, 5) is 25.5. The van der Waals surface area contributed by atoms with Crippen LogP contribution in [-0.4, -0.2) is 33.1 Å². The molecule has 6 nitrogen and oxygen atoms in total. The zero-order valence-electron chi connectivity index (χ0n) is 20.6. The monoisotopic (exact) mass is 471 g/mol. The lowest BCUT2D eigenvalue weighted by Gasteiger charge is -2.39. The van der Waals surface area contributed by atoms with Crippen molar-refractivity contribution in [2.75, 3.05) is 6.61 Å². The van der Waals surface area contributed by atoms with Crippen LogP contribution in [0.2, 0.25) is 18.1 Å². The summed E-state index contributed by atoms with van der Waals surface area (Å²) in [6.07, 6.45) is -1.11. The van der Waals surface area contributed by atoms with E-state index in [-0.39, 0.29) is 24.7 Å². The second kappa shape index (κ2) is 12.0. The Hall–Kier alpha value is -2.64. The number of carbonyl (C=O) groups excluding carboxylic acids is 2. The average molecular weight is 472 g/mol. The molecule has 180 valence electrons. The van der Waals surface area contributed by atoms with Gasteiger partial charge in [0.1, 0.15) is 12.7 Å². The van der Waals surface area contributed by atoms with Crippen molar-refractivity contribution < 1.29 is 23.5 Å². The lowest BCUT2D eigenvalue weighted by molar-refractivity contribution is -0.152. The van der Waals surface area contributed by atoms with Gasteiger partial charge in [-0.15, -0.1) is 0 Å². The fourth-order valence-corrected chi connectivity index (χ4v) is 4.30. The predicted octanol–water partition coefficient (Wildman–Crippen LogP) is 6.00. The van der Waals surface area contributed by atoms with Gasteiger partial charge in [-0.05, 0) is 36.2 Å². The van der Waals surface area contributed by atoms with Crippen molar-refractivity contribution in [3.63, 3.8) is 0 Å². The minimum atomic E-state index is -2.27. The van der Waals surface area contributed by atoms with Crippen LogP contribution >= 0.6 is 0 Å². The molecule has 0 aliphatic rings. The van der Waals surface area contributed by atoms with E-state index >= 15 is 0 Å². The molecular formula is C26H37NO5Si. The molecule has 33 heavy (non-hydrogen) atoms. The number of hydrogen-bond donors (Lipinski definition) is 1. The van der Waals surface area contributed by atoms with Crippen LogP contribution in [0.1, 0.15) is 51.3 Å². The SMILES string of the molecule is CCOC(=O)C(CC(NC(=O)OCc1ccccc1)c1ccccc1)O[Si](C)(C)C(C)(C)C. The molecule has 0 bridgehead atoms. The molecule has 2 rings (SSSR count). The van der Waals surface area contributed by atoms with E-state index in [1.807, 2.05) is 60.7 Å². The summed E-state index contributed by atoms with van der Waals surface area (Å²) in [5.41, 5.74) is 1.76. The fraction of sp³-hybridized carbons (Fsp3) is 0.462. The number of esters is 1. The van der Waals surface area contributed by atoms with Crippen LogP contribution in [0.15, 0.2) is 60.7 Å². The van der Waals surface area contributed by atoms with Crippen LogP contribution in [0, 0.1) is 0 Å². The Morgan fingerprint density at radius 1 is 0.939 bits per heavy atom. The molecule has 0 fully saturated rings.